The first kappa shape index (κ1) is 14.9. The van der Waals surface area contributed by atoms with Gasteiger partial charge >= 0.3 is 0 Å². The lowest BCUT2D eigenvalue weighted by molar-refractivity contribution is -0.118. The Labute approximate surface area is 113 Å². The summed E-state index contributed by atoms with van der Waals surface area (Å²) < 4.78 is 0. The van der Waals surface area contributed by atoms with Crippen molar-refractivity contribution < 1.29 is 9.59 Å². The van der Waals surface area contributed by atoms with Crippen LogP contribution >= 0.6 is 0 Å². The first-order chi connectivity index (χ1) is 9.04. The SMILES string of the molecule is CC/C=N/NC(=O)c1ccc(NC(=O)C(C)C)cc1. The maximum Gasteiger partial charge on any atom is 0.271 e. The van der Waals surface area contributed by atoms with Crippen LogP contribution in [0.4, 0.5) is 5.69 Å². The van der Waals surface area contributed by atoms with Gasteiger partial charge in [-0.25, -0.2) is 5.43 Å². The molecule has 0 spiro atoms. The summed E-state index contributed by atoms with van der Waals surface area (Å²) in [5.74, 6) is -0.400. The van der Waals surface area contributed by atoms with E-state index in [1.807, 2.05) is 20.8 Å². The van der Waals surface area contributed by atoms with Crippen LogP contribution in [0.15, 0.2) is 29.4 Å². The van der Waals surface area contributed by atoms with E-state index in [1.54, 1.807) is 30.5 Å². The lowest BCUT2D eigenvalue weighted by atomic mass is 10.1. The van der Waals surface area contributed by atoms with Gasteiger partial charge in [0.2, 0.25) is 5.91 Å². The van der Waals surface area contributed by atoms with Crippen LogP contribution < -0.4 is 10.7 Å². The molecule has 5 nitrogen and oxygen atoms in total. The summed E-state index contributed by atoms with van der Waals surface area (Å²) in [6.07, 6.45) is 2.38. The number of amides is 2. The van der Waals surface area contributed by atoms with Gasteiger partial charge in [-0.1, -0.05) is 20.8 Å². The summed E-state index contributed by atoms with van der Waals surface area (Å²) in [6.45, 7) is 5.58. The number of hydrogen-bond acceptors (Lipinski definition) is 3. The number of rotatable bonds is 5. The van der Waals surface area contributed by atoms with E-state index < -0.39 is 0 Å². The summed E-state index contributed by atoms with van der Waals surface area (Å²) in [4.78, 5) is 23.1. The molecule has 0 aliphatic rings. The Kier molecular flexibility index (Phi) is 5.73. The first-order valence-electron chi connectivity index (χ1n) is 6.27. The van der Waals surface area contributed by atoms with Crippen LogP contribution in [0.25, 0.3) is 0 Å². The molecule has 0 fully saturated rings. The Morgan fingerprint density at radius 2 is 1.89 bits per heavy atom. The lowest BCUT2D eigenvalue weighted by Crippen LogP contribution is -2.19. The second-order valence-corrected chi connectivity index (χ2v) is 4.38. The molecule has 0 heterocycles. The molecule has 0 aromatic heterocycles. The molecule has 0 saturated carbocycles. The normalized spacial score (nSPS) is 10.7. The first-order valence-corrected chi connectivity index (χ1v) is 6.27. The van der Waals surface area contributed by atoms with E-state index in [2.05, 4.69) is 15.8 Å². The molecule has 0 radical (unpaired) electrons. The maximum absolute atomic E-state index is 11.6. The van der Waals surface area contributed by atoms with Gasteiger partial charge in [-0.3, -0.25) is 9.59 Å². The highest BCUT2D eigenvalue weighted by Crippen LogP contribution is 2.10. The van der Waals surface area contributed by atoms with Crippen molar-refractivity contribution in [2.24, 2.45) is 11.0 Å². The average molecular weight is 261 g/mol. The summed E-state index contributed by atoms with van der Waals surface area (Å²) in [7, 11) is 0. The third-order valence-electron chi connectivity index (χ3n) is 2.38. The molecule has 1 rings (SSSR count). The van der Waals surface area contributed by atoms with Crippen LogP contribution in [-0.4, -0.2) is 18.0 Å². The monoisotopic (exact) mass is 261 g/mol. The Hall–Kier alpha value is -2.17. The van der Waals surface area contributed by atoms with E-state index >= 15 is 0 Å². The number of hydrazone groups is 1. The van der Waals surface area contributed by atoms with Gasteiger partial charge in [0.05, 0.1) is 0 Å². The van der Waals surface area contributed by atoms with Crippen molar-refractivity contribution in [3.05, 3.63) is 29.8 Å². The number of hydrogen-bond donors (Lipinski definition) is 2. The zero-order valence-electron chi connectivity index (χ0n) is 11.4. The van der Waals surface area contributed by atoms with Crippen LogP contribution in [0, 0.1) is 5.92 Å². The van der Waals surface area contributed by atoms with Crippen LogP contribution in [-0.2, 0) is 4.79 Å². The molecule has 102 valence electrons. The van der Waals surface area contributed by atoms with Crippen LogP contribution in [0.1, 0.15) is 37.6 Å². The predicted octanol–water partition coefficient (Wildman–Crippen LogP) is 2.41. The lowest BCUT2D eigenvalue weighted by Gasteiger charge is -2.08. The number of nitrogens with zero attached hydrogens (tertiary/aromatic N) is 1. The van der Waals surface area contributed by atoms with E-state index in [-0.39, 0.29) is 17.7 Å². The Bertz CT molecular complexity index is 464. The van der Waals surface area contributed by atoms with Gasteiger partial charge in [0, 0.05) is 23.4 Å². The largest absolute Gasteiger partial charge is 0.326 e. The smallest absolute Gasteiger partial charge is 0.271 e. The Balaban J connectivity index is 2.63. The van der Waals surface area contributed by atoms with Gasteiger partial charge in [0.1, 0.15) is 0 Å². The summed E-state index contributed by atoms with van der Waals surface area (Å²) in [5.41, 5.74) is 3.59. The van der Waals surface area contributed by atoms with Crippen molar-refractivity contribution in [2.45, 2.75) is 27.2 Å². The predicted molar refractivity (Wildman–Crippen MR) is 76.2 cm³/mol. The van der Waals surface area contributed by atoms with Crippen molar-refractivity contribution in [3.63, 3.8) is 0 Å². The minimum absolute atomic E-state index is 0.0512. The number of benzene rings is 1. The molecular formula is C14H19N3O2. The number of anilines is 1. The molecule has 2 amide bonds. The van der Waals surface area contributed by atoms with E-state index in [0.717, 1.165) is 6.42 Å². The molecule has 0 saturated heterocycles. The maximum atomic E-state index is 11.6. The highest BCUT2D eigenvalue weighted by Gasteiger charge is 2.08. The van der Waals surface area contributed by atoms with Crippen molar-refractivity contribution >= 4 is 23.7 Å². The standard InChI is InChI=1S/C14H19N3O2/c1-4-9-15-17-14(19)11-5-7-12(8-6-11)16-13(18)10(2)3/h5-10H,4H2,1-3H3,(H,16,18)(H,17,19)/b15-9+. The fourth-order valence-electron chi connectivity index (χ4n) is 1.25. The summed E-state index contributed by atoms with van der Waals surface area (Å²) >= 11 is 0. The fourth-order valence-corrected chi connectivity index (χ4v) is 1.25. The second-order valence-electron chi connectivity index (χ2n) is 4.38. The third kappa shape index (κ3) is 4.91. The number of carbonyl (C=O) groups is 2. The van der Waals surface area contributed by atoms with Gasteiger partial charge in [0.25, 0.3) is 5.91 Å². The molecular weight excluding hydrogens is 242 g/mol. The van der Waals surface area contributed by atoms with Gasteiger partial charge in [-0.05, 0) is 30.7 Å². The Morgan fingerprint density at radius 3 is 2.42 bits per heavy atom. The quantitative estimate of drug-likeness (QED) is 0.631. The van der Waals surface area contributed by atoms with Crippen molar-refractivity contribution in [3.8, 4) is 0 Å². The molecule has 0 aliphatic heterocycles. The van der Waals surface area contributed by atoms with Gasteiger partial charge in [-0.15, -0.1) is 0 Å². The van der Waals surface area contributed by atoms with Crippen molar-refractivity contribution in [1.82, 2.24) is 5.43 Å². The molecule has 2 N–H and O–H groups in total. The molecule has 0 atom stereocenters. The van der Waals surface area contributed by atoms with Gasteiger partial charge in [0.15, 0.2) is 0 Å². The van der Waals surface area contributed by atoms with Crippen molar-refractivity contribution in [1.29, 1.82) is 0 Å². The molecule has 19 heavy (non-hydrogen) atoms. The molecule has 0 aliphatic carbocycles. The Morgan fingerprint density at radius 1 is 1.26 bits per heavy atom. The number of carbonyl (C=O) groups excluding carboxylic acids is 2. The van der Waals surface area contributed by atoms with Crippen molar-refractivity contribution in [2.75, 3.05) is 5.32 Å². The highest BCUT2D eigenvalue weighted by atomic mass is 16.2. The third-order valence-corrected chi connectivity index (χ3v) is 2.38. The van der Waals surface area contributed by atoms with E-state index in [0.29, 0.717) is 11.3 Å². The summed E-state index contributed by atoms with van der Waals surface area (Å²) in [5, 5.41) is 6.53. The molecule has 0 bridgehead atoms. The minimum atomic E-state index is -0.272. The topological polar surface area (TPSA) is 70.6 Å². The molecule has 0 unspecified atom stereocenters. The zero-order chi connectivity index (χ0) is 14.3. The molecule has 1 aromatic carbocycles. The molecule has 1 aromatic rings. The van der Waals surface area contributed by atoms with E-state index in [4.69, 9.17) is 0 Å². The minimum Gasteiger partial charge on any atom is -0.326 e. The van der Waals surface area contributed by atoms with E-state index in [9.17, 15) is 9.59 Å². The zero-order valence-corrected chi connectivity index (χ0v) is 11.4. The van der Waals surface area contributed by atoms with Crippen LogP contribution in [0.3, 0.4) is 0 Å². The average Bonchev–Trinajstić information content (AvgIpc) is 2.39. The summed E-state index contributed by atoms with van der Waals surface area (Å²) in [6, 6.07) is 6.68. The highest BCUT2D eigenvalue weighted by molar-refractivity contribution is 5.96. The van der Waals surface area contributed by atoms with Crippen LogP contribution in [0.5, 0.6) is 0 Å². The van der Waals surface area contributed by atoms with Gasteiger partial charge < -0.3 is 5.32 Å². The van der Waals surface area contributed by atoms with Gasteiger partial charge in [-0.2, -0.15) is 5.10 Å². The number of nitrogens with one attached hydrogen (secondary N) is 2. The second kappa shape index (κ2) is 7.31. The van der Waals surface area contributed by atoms with Crippen LogP contribution in [0.2, 0.25) is 0 Å². The van der Waals surface area contributed by atoms with E-state index in [1.165, 1.54) is 0 Å². The fraction of sp³-hybridized carbons (Fsp3) is 0.357. The molecule has 5 heteroatoms.